The summed E-state index contributed by atoms with van der Waals surface area (Å²) < 4.78 is 87.6. The smallest absolute Gasteiger partial charge is 0.485 e. The van der Waals surface area contributed by atoms with Gasteiger partial charge in [0.1, 0.15) is 12.4 Å². The summed E-state index contributed by atoms with van der Waals surface area (Å²) in [5, 5.41) is 0. The van der Waals surface area contributed by atoms with Gasteiger partial charge in [-0.3, -0.25) is 0 Å². The Balaban J connectivity index is 0.000000284. The molecule has 1 aliphatic rings. The van der Waals surface area contributed by atoms with Crippen molar-refractivity contribution in [1.29, 1.82) is 0 Å². The summed E-state index contributed by atoms with van der Waals surface area (Å²) in [6.45, 7) is 1.21. The van der Waals surface area contributed by atoms with Gasteiger partial charge in [0, 0.05) is 24.6 Å². The van der Waals surface area contributed by atoms with Crippen molar-refractivity contribution in [2.75, 3.05) is 24.6 Å². The van der Waals surface area contributed by atoms with Gasteiger partial charge in [0.05, 0.1) is 7.05 Å². The van der Waals surface area contributed by atoms with Crippen LogP contribution in [0.25, 0.3) is 0 Å². The predicted octanol–water partition coefficient (Wildman–Crippen LogP) is -0.494. The van der Waals surface area contributed by atoms with Gasteiger partial charge in [-0.1, -0.05) is 0 Å². The van der Waals surface area contributed by atoms with Crippen LogP contribution in [0.4, 0.5) is 13.2 Å². The van der Waals surface area contributed by atoms with E-state index in [4.69, 9.17) is 13.0 Å². The molecule has 14 heteroatoms. The van der Waals surface area contributed by atoms with Crippen LogP contribution in [-0.2, 0) is 27.4 Å². The molecule has 0 atom stereocenters. The molecule has 0 bridgehead atoms. The highest BCUT2D eigenvalue weighted by atomic mass is 32.2. The highest BCUT2D eigenvalue weighted by Crippen LogP contribution is 2.20. The van der Waals surface area contributed by atoms with Crippen LogP contribution in [0, 0.1) is 0 Å². The fraction of sp³-hybridized carbons (Fsp3) is 0.667. The Kier molecular flexibility index (Phi) is 6.48. The number of alkyl halides is 3. The van der Waals surface area contributed by atoms with Crippen LogP contribution in [0.15, 0.2) is 18.7 Å². The molecule has 8 nitrogen and oxygen atoms in total. The number of aryl methyl sites for hydroxylation is 1. The maximum Gasteiger partial charge on any atom is 0.485 e. The maximum atomic E-state index is 12.1. The second-order valence-corrected chi connectivity index (χ2v) is 8.76. The summed E-state index contributed by atoms with van der Waals surface area (Å²) >= 11 is 1.79. The van der Waals surface area contributed by atoms with Gasteiger partial charge in [-0.25, -0.2) is 13.0 Å². The molecule has 2 heterocycles. The molecule has 0 N–H and O–H groups in total. The first-order chi connectivity index (χ1) is 10.4. The molecule has 0 aliphatic carbocycles. The van der Waals surface area contributed by atoms with Crippen molar-refractivity contribution in [3.63, 3.8) is 0 Å². The van der Waals surface area contributed by atoms with Gasteiger partial charge in [-0.15, -0.1) is 3.97 Å². The Bertz CT molecular complexity index is 723. The van der Waals surface area contributed by atoms with Gasteiger partial charge in [-0.2, -0.15) is 37.7 Å². The fourth-order valence-corrected chi connectivity index (χ4v) is 4.00. The first-order valence-corrected chi connectivity index (χ1v) is 9.95. The lowest BCUT2D eigenvalue weighted by atomic mass is 10.6. The second kappa shape index (κ2) is 7.38. The molecule has 0 amide bonds. The largest absolute Gasteiger partial charge is 0.741 e. The number of hydrogen-bond acceptors (Lipinski definition) is 6. The van der Waals surface area contributed by atoms with Crippen molar-refractivity contribution in [1.82, 2.24) is 8.28 Å². The van der Waals surface area contributed by atoms with E-state index in [-0.39, 0.29) is 0 Å². The number of halogens is 3. The third-order valence-corrected chi connectivity index (χ3v) is 5.87. The quantitative estimate of drug-likeness (QED) is 0.379. The van der Waals surface area contributed by atoms with Gasteiger partial charge < -0.3 is 4.55 Å². The summed E-state index contributed by atoms with van der Waals surface area (Å²) in [5.74, 6) is 1.76. The zero-order valence-corrected chi connectivity index (χ0v) is 14.3. The Morgan fingerprint density at radius 3 is 2.00 bits per heavy atom. The van der Waals surface area contributed by atoms with Crippen LogP contribution in [0.5, 0.6) is 0 Å². The van der Waals surface area contributed by atoms with Crippen LogP contribution >= 0.6 is 11.8 Å². The molecule has 1 aromatic rings. The van der Waals surface area contributed by atoms with Crippen LogP contribution < -0.4 is 4.57 Å². The third kappa shape index (κ3) is 5.63. The van der Waals surface area contributed by atoms with Crippen molar-refractivity contribution in [3.8, 4) is 0 Å². The van der Waals surface area contributed by atoms with Gasteiger partial charge in [0.2, 0.25) is 0 Å². The van der Waals surface area contributed by atoms with Crippen molar-refractivity contribution in [3.05, 3.63) is 18.7 Å². The average Bonchev–Trinajstić information content (AvgIpc) is 2.86. The molecule has 134 valence electrons. The Morgan fingerprint density at radius 2 is 1.65 bits per heavy atom. The summed E-state index contributed by atoms with van der Waals surface area (Å²) in [5.41, 5.74) is -5.65. The maximum absolute atomic E-state index is 12.1. The zero-order chi connectivity index (χ0) is 17.9. The van der Waals surface area contributed by atoms with Gasteiger partial charge in [0.15, 0.2) is 10.1 Å². The molecular weight excluding hydrogens is 383 g/mol. The van der Waals surface area contributed by atoms with E-state index < -0.39 is 25.8 Å². The van der Waals surface area contributed by atoms with E-state index in [9.17, 15) is 21.6 Å². The lowest BCUT2D eigenvalue weighted by molar-refractivity contribution is -0.670. The average molecular weight is 397 g/mol. The summed E-state index contributed by atoms with van der Waals surface area (Å²) in [4.78, 5) is 0. The molecule has 1 aliphatic heterocycles. The van der Waals surface area contributed by atoms with Crippen LogP contribution in [0.2, 0.25) is 0 Å². The first kappa shape index (κ1) is 20.2. The van der Waals surface area contributed by atoms with Crippen LogP contribution in [0.3, 0.4) is 0 Å². The fourth-order valence-electron chi connectivity index (χ4n) is 1.47. The third-order valence-electron chi connectivity index (χ3n) is 2.59. The normalized spacial score (nSPS) is 17.4. The van der Waals surface area contributed by atoms with E-state index in [1.54, 1.807) is 42.1 Å². The van der Waals surface area contributed by atoms with Gasteiger partial charge >= 0.3 is 15.7 Å². The van der Waals surface area contributed by atoms with E-state index in [2.05, 4.69) is 0 Å². The van der Waals surface area contributed by atoms with Gasteiger partial charge in [0.25, 0.3) is 6.33 Å². The predicted molar refractivity (Wildman–Crippen MR) is 74.6 cm³/mol. The Labute approximate surface area is 135 Å². The van der Waals surface area contributed by atoms with Crippen molar-refractivity contribution in [2.24, 2.45) is 7.05 Å². The molecule has 0 radical (unpaired) electrons. The topological polar surface area (TPSA) is 103 Å². The highest BCUT2D eigenvalue weighted by Gasteiger charge is 2.37. The minimum Gasteiger partial charge on any atom is -0.741 e. The summed E-state index contributed by atoms with van der Waals surface area (Å²) in [6, 6.07) is 0. The molecule has 0 aromatic carbocycles. The number of aromatic nitrogens is 2. The first-order valence-electron chi connectivity index (χ1n) is 5.99. The van der Waals surface area contributed by atoms with Crippen molar-refractivity contribution < 1.29 is 39.1 Å². The molecular formula is C9H14F3N3O5S3. The molecule has 1 saturated heterocycles. The molecule has 0 saturated carbocycles. The number of hydrogen-bond donors (Lipinski definition) is 0. The standard InChI is InChI=1S/C8H14N3O2S2.CHF3O3S/c1-9-2-3-11(8-9)15(12,13)10-4-6-14-7-5-10;2-1(3,4)8(5,6)7/h2-3,8H,4-7H2,1H3;(H,5,6,7)/q+1;/p-1. The Morgan fingerprint density at radius 1 is 1.17 bits per heavy atom. The molecule has 1 aromatic heterocycles. The van der Waals surface area contributed by atoms with Crippen LogP contribution in [0.1, 0.15) is 0 Å². The minimum atomic E-state index is -6.09. The summed E-state index contributed by atoms with van der Waals surface area (Å²) in [6.07, 6.45) is 4.85. The molecule has 1 fully saturated rings. The van der Waals surface area contributed by atoms with E-state index in [0.717, 1.165) is 11.5 Å². The van der Waals surface area contributed by atoms with E-state index in [1.807, 2.05) is 0 Å². The second-order valence-electron chi connectivity index (χ2n) is 4.33. The van der Waals surface area contributed by atoms with E-state index in [0.29, 0.717) is 13.1 Å². The van der Waals surface area contributed by atoms with E-state index in [1.165, 1.54) is 8.28 Å². The van der Waals surface area contributed by atoms with Crippen molar-refractivity contribution in [2.45, 2.75) is 5.51 Å². The number of rotatable bonds is 2. The van der Waals surface area contributed by atoms with Crippen LogP contribution in [-0.4, -0.2) is 59.8 Å². The molecule has 23 heavy (non-hydrogen) atoms. The van der Waals surface area contributed by atoms with E-state index >= 15 is 0 Å². The SMILES string of the molecule is C[n+]1ccn(S(=O)(=O)N2CCSCC2)c1.O=S(=O)([O-])C(F)(F)F. The number of thioether (sulfide) groups is 1. The highest BCUT2D eigenvalue weighted by molar-refractivity contribution is 7.99. The molecule has 2 rings (SSSR count). The monoisotopic (exact) mass is 397 g/mol. The van der Waals surface area contributed by atoms with Gasteiger partial charge in [-0.05, 0) is 0 Å². The number of nitrogens with zero attached hydrogens (tertiary/aromatic N) is 3. The summed E-state index contributed by atoms with van der Waals surface area (Å²) in [7, 11) is -7.61. The Hall–Kier alpha value is -0.830. The molecule has 0 unspecified atom stereocenters. The zero-order valence-electron chi connectivity index (χ0n) is 11.8. The van der Waals surface area contributed by atoms with Crippen molar-refractivity contribution >= 4 is 32.1 Å². The minimum absolute atomic E-state index is 0.606. The lowest BCUT2D eigenvalue weighted by Gasteiger charge is -2.22. The lowest BCUT2D eigenvalue weighted by Crippen LogP contribution is -2.41. The molecule has 0 spiro atoms. The number of imidazole rings is 1.